The SMILES string of the molecule is O.O.O.O.O.O.O.O.O.O.O.O.[Al]. The topological polar surface area (TPSA) is 378 Å². The molecule has 0 bridgehead atoms. The zero-order valence-electron chi connectivity index (χ0n) is 6.58. The van der Waals surface area contributed by atoms with Crippen LogP contribution in [0.3, 0.4) is 0 Å². The van der Waals surface area contributed by atoms with E-state index in [-0.39, 0.29) is 83.1 Å². The molecule has 0 spiro atoms. The van der Waals surface area contributed by atoms with E-state index in [1.807, 2.05) is 0 Å². The normalized spacial score (nSPS) is 0. The molecule has 3 radical (unpaired) electrons. The van der Waals surface area contributed by atoms with E-state index in [1.54, 1.807) is 0 Å². The van der Waals surface area contributed by atoms with Crippen molar-refractivity contribution < 1.29 is 65.7 Å². The Bertz CT molecular complexity index is 5.09. The second kappa shape index (κ2) is 535000. The van der Waals surface area contributed by atoms with E-state index in [1.165, 1.54) is 0 Å². The van der Waals surface area contributed by atoms with Crippen LogP contribution < -0.4 is 0 Å². The second-order valence-electron chi connectivity index (χ2n) is 0. The van der Waals surface area contributed by atoms with Crippen molar-refractivity contribution >= 4 is 17.4 Å². The Balaban J connectivity index is 0. The average Bonchev–Trinajstić information content (AvgIpc) is 0. The highest BCUT2D eigenvalue weighted by Gasteiger charge is 0.0000300. The van der Waals surface area contributed by atoms with Gasteiger partial charge in [-0.15, -0.1) is 0 Å². The van der Waals surface area contributed by atoms with Crippen molar-refractivity contribution in [2.45, 2.75) is 0 Å². The van der Waals surface area contributed by atoms with Crippen LogP contribution in [0.4, 0.5) is 0 Å². The summed E-state index contributed by atoms with van der Waals surface area (Å²) >= 11 is 0. The molecule has 0 saturated heterocycles. The Morgan fingerprint density at radius 2 is 0.154 bits per heavy atom. The minimum Gasteiger partial charge on any atom is -0.412 e. The largest absolute Gasteiger partial charge is 0.412 e. The Hall–Kier alpha value is 0.0525. The van der Waals surface area contributed by atoms with Gasteiger partial charge in [0.1, 0.15) is 0 Å². The predicted molar refractivity (Wildman–Crippen MR) is 49.1 cm³/mol. The van der Waals surface area contributed by atoms with Gasteiger partial charge in [0.25, 0.3) is 0 Å². The molecular formula is H24AlO12. The summed E-state index contributed by atoms with van der Waals surface area (Å²) in [5, 5.41) is 0. The summed E-state index contributed by atoms with van der Waals surface area (Å²) in [6.45, 7) is 0. The quantitative estimate of drug-likeness (QED) is 0.357. The monoisotopic (exact) mass is 243 g/mol. The molecule has 0 aliphatic rings. The van der Waals surface area contributed by atoms with Gasteiger partial charge in [-0.1, -0.05) is 0 Å². The third kappa shape index (κ3) is 442000. The van der Waals surface area contributed by atoms with E-state index in [0.717, 1.165) is 0 Å². The first-order chi connectivity index (χ1) is 0. The van der Waals surface area contributed by atoms with E-state index in [4.69, 9.17) is 0 Å². The minimum absolute atomic E-state index is 0. The molecule has 24 N–H and O–H groups in total. The maximum atomic E-state index is 0. The Kier molecular flexibility index (Phi) is 28300000000. The molecule has 0 heterocycles. The Morgan fingerprint density at radius 3 is 0.154 bits per heavy atom. The standard InChI is InChI=1S/Al.12H2O/h;12*1H2. The number of hydrogen-bond acceptors (Lipinski definition) is 0. The van der Waals surface area contributed by atoms with E-state index in [9.17, 15) is 0 Å². The van der Waals surface area contributed by atoms with E-state index in [0.29, 0.717) is 0 Å². The maximum absolute atomic E-state index is 0. The van der Waals surface area contributed by atoms with Crippen molar-refractivity contribution in [1.82, 2.24) is 0 Å². The van der Waals surface area contributed by atoms with Gasteiger partial charge in [0, 0.05) is 17.4 Å². The first-order valence-electron chi connectivity index (χ1n) is 0. The molecule has 0 aromatic rings. The first-order valence-corrected chi connectivity index (χ1v) is 0. The maximum Gasteiger partial charge on any atom is 0 e. The molecule has 13 heteroatoms. The van der Waals surface area contributed by atoms with Crippen LogP contribution in [0.2, 0.25) is 0 Å². The third-order valence-corrected chi connectivity index (χ3v) is 0. The number of rotatable bonds is 0. The van der Waals surface area contributed by atoms with Crippen molar-refractivity contribution in [3.05, 3.63) is 0 Å². The fraction of sp³-hybridized carbons (Fsp3) is 0. The molecule has 12 nitrogen and oxygen atoms in total. The zero-order valence-corrected chi connectivity index (χ0v) is 7.73. The van der Waals surface area contributed by atoms with Crippen LogP contribution in [0.25, 0.3) is 0 Å². The minimum atomic E-state index is 0. The van der Waals surface area contributed by atoms with Gasteiger partial charge in [-0.2, -0.15) is 0 Å². The van der Waals surface area contributed by atoms with Gasteiger partial charge in [-0.3, -0.25) is 0 Å². The van der Waals surface area contributed by atoms with Crippen LogP contribution in [0.1, 0.15) is 0 Å². The molecule has 0 aromatic heterocycles. The van der Waals surface area contributed by atoms with Gasteiger partial charge in [0.15, 0.2) is 0 Å². The van der Waals surface area contributed by atoms with Gasteiger partial charge < -0.3 is 65.7 Å². The fourth-order valence-corrected chi connectivity index (χ4v) is 0. The zero-order chi connectivity index (χ0) is 0. The predicted octanol–water partition coefficient (Wildman–Crippen LogP) is -10.3. The smallest absolute Gasteiger partial charge is 0 e. The third-order valence-electron chi connectivity index (χ3n) is 0. The van der Waals surface area contributed by atoms with Crippen molar-refractivity contribution in [3.63, 3.8) is 0 Å². The van der Waals surface area contributed by atoms with Gasteiger partial charge in [0.05, 0.1) is 0 Å². The molecule has 0 aromatic carbocycles. The highest BCUT2D eigenvalue weighted by molar-refractivity contribution is 5.75. The molecule has 0 aliphatic heterocycles. The highest BCUT2D eigenvalue weighted by Crippen LogP contribution is -0.278. The van der Waals surface area contributed by atoms with Crippen LogP contribution >= 0.6 is 0 Å². The Morgan fingerprint density at radius 1 is 0.154 bits per heavy atom. The summed E-state index contributed by atoms with van der Waals surface area (Å²) in [5.74, 6) is 0. The summed E-state index contributed by atoms with van der Waals surface area (Å²) in [6.07, 6.45) is 0. The van der Waals surface area contributed by atoms with Crippen molar-refractivity contribution in [1.29, 1.82) is 0 Å². The van der Waals surface area contributed by atoms with Crippen molar-refractivity contribution in [2.75, 3.05) is 0 Å². The van der Waals surface area contributed by atoms with Crippen LogP contribution in [0.15, 0.2) is 0 Å². The van der Waals surface area contributed by atoms with Gasteiger partial charge in [-0.25, -0.2) is 0 Å². The molecule has 13 heavy (non-hydrogen) atoms. The van der Waals surface area contributed by atoms with Gasteiger partial charge in [-0.05, 0) is 0 Å². The molecule has 0 saturated carbocycles. The lowest BCUT2D eigenvalue weighted by molar-refractivity contribution is 0.823. The lowest BCUT2D eigenvalue weighted by Gasteiger charge is -0.413. The molecule has 0 fully saturated rings. The average molecular weight is 243 g/mol. The van der Waals surface area contributed by atoms with Crippen molar-refractivity contribution in [2.24, 2.45) is 0 Å². The summed E-state index contributed by atoms with van der Waals surface area (Å²) in [4.78, 5) is 0. The lowest BCUT2D eigenvalue weighted by atomic mass is 16.0. The molecule has 0 unspecified atom stereocenters. The fourth-order valence-electron chi connectivity index (χ4n) is 0. The molecule has 0 aliphatic carbocycles. The first kappa shape index (κ1) is 689000. The second-order valence-corrected chi connectivity index (χ2v) is 0. The van der Waals surface area contributed by atoms with Gasteiger partial charge >= 0.3 is 0 Å². The summed E-state index contributed by atoms with van der Waals surface area (Å²) in [7, 11) is 0. The summed E-state index contributed by atoms with van der Waals surface area (Å²) in [6, 6.07) is 0. The van der Waals surface area contributed by atoms with Crippen LogP contribution in [-0.2, 0) is 0 Å². The van der Waals surface area contributed by atoms with Gasteiger partial charge in [0.2, 0.25) is 0 Å². The summed E-state index contributed by atoms with van der Waals surface area (Å²) in [5.41, 5.74) is 0. The Labute approximate surface area is 84.0 Å². The van der Waals surface area contributed by atoms with Crippen LogP contribution in [0.5, 0.6) is 0 Å². The molecular weight excluding hydrogens is 219 g/mol. The van der Waals surface area contributed by atoms with E-state index >= 15 is 0 Å². The molecule has 0 rings (SSSR count). The molecule has 0 amide bonds. The van der Waals surface area contributed by atoms with Crippen LogP contribution in [-0.4, -0.2) is 83.1 Å². The highest BCUT2D eigenvalue weighted by atomic mass is 27.0. The lowest BCUT2D eigenvalue weighted by Crippen LogP contribution is -0.381. The molecule has 99 valence electrons. The van der Waals surface area contributed by atoms with E-state index in [2.05, 4.69) is 0 Å². The van der Waals surface area contributed by atoms with Crippen LogP contribution in [0, 0.1) is 0 Å². The summed E-state index contributed by atoms with van der Waals surface area (Å²) < 4.78 is 0. The van der Waals surface area contributed by atoms with E-state index < -0.39 is 0 Å². The number of hydrogen-bond donors (Lipinski definition) is 0. The molecule has 0 atom stereocenters. The van der Waals surface area contributed by atoms with Crippen molar-refractivity contribution in [3.8, 4) is 0 Å².